The van der Waals surface area contributed by atoms with Crippen molar-refractivity contribution in [1.82, 2.24) is 0 Å². The molecule has 0 aromatic rings. The SMILES string of the molecule is CC/C=C\C/C=C\C/C=C\CCCCCCCCCC(=O)OC1C(OCC(COC(=O)CCCCCCC/C=C\C/C=C\CCCCC)OC(=O)CCCCCCC/C=C\CCCC)OC(C(=O)O)C(O)C1O. The number of aliphatic hydroxyl groups excluding tert-OH is 2. The minimum absolute atomic E-state index is 0.0452. The largest absolute Gasteiger partial charge is 0.479 e. The lowest BCUT2D eigenvalue weighted by Crippen LogP contribution is -2.61. The zero-order valence-corrected chi connectivity index (χ0v) is 45.9. The lowest BCUT2D eigenvalue weighted by Gasteiger charge is -2.40. The highest BCUT2D eigenvalue weighted by molar-refractivity contribution is 5.74. The highest BCUT2D eigenvalue weighted by atomic mass is 16.7. The number of hydrogen-bond donors (Lipinski definition) is 3. The fourth-order valence-electron chi connectivity index (χ4n) is 8.27. The van der Waals surface area contributed by atoms with E-state index < -0.39 is 67.3 Å². The van der Waals surface area contributed by atoms with Gasteiger partial charge in [-0.1, -0.05) is 190 Å². The molecule has 0 radical (unpaired) electrons. The Morgan fingerprint density at radius 2 is 0.877 bits per heavy atom. The number of carboxylic acids is 1. The van der Waals surface area contributed by atoms with Crippen molar-refractivity contribution < 1.29 is 58.2 Å². The van der Waals surface area contributed by atoms with Gasteiger partial charge < -0.3 is 39.0 Å². The van der Waals surface area contributed by atoms with Crippen molar-refractivity contribution in [2.24, 2.45) is 0 Å². The Morgan fingerprint density at radius 3 is 1.37 bits per heavy atom. The molecule has 1 aliphatic heterocycles. The zero-order chi connectivity index (χ0) is 53.3. The van der Waals surface area contributed by atoms with Crippen LogP contribution in [0.1, 0.15) is 239 Å². The van der Waals surface area contributed by atoms with Crippen molar-refractivity contribution in [2.75, 3.05) is 13.2 Å². The van der Waals surface area contributed by atoms with Crippen LogP contribution < -0.4 is 0 Å². The molecule has 6 atom stereocenters. The maximum Gasteiger partial charge on any atom is 0.335 e. The maximum absolute atomic E-state index is 13.1. The molecule has 0 bridgehead atoms. The molecule has 1 fully saturated rings. The predicted octanol–water partition coefficient (Wildman–Crippen LogP) is 14.6. The molecule has 0 aromatic carbocycles. The average Bonchev–Trinajstić information content (AvgIpc) is 3.37. The Bertz CT molecular complexity index is 1550. The minimum Gasteiger partial charge on any atom is -0.479 e. The van der Waals surface area contributed by atoms with Gasteiger partial charge >= 0.3 is 23.9 Å². The van der Waals surface area contributed by atoms with E-state index in [0.29, 0.717) is 19.3 Å². The Kier molecular flexibility index (Phi) is 45.1. The van der Waals surface area contributed by atoms with Gasteiger partial charge in [-0.25, -0.2) is 4.79 Å². The number of carboxylic acid groups (broad SMARTS) is 1. The van der Waals surface area contributed by atoms with E-state index in [2.05, 4.69) is 93.7 Å². The van der Waals surface area contributed by atoms with E-state index in [1.807, 2.05) is 0 Å². The number of ether oxygens (including phenoxy) is 5. The number of aliphatic hydroxyl groups is 2. The highest BCUT2D eigenvalue weighted by Crippen LogP contribution is 2.26. The third kappa shape index (κ3) is 39.3. The second-order valence-electron chi connectivity index (χ2n) is 19.5. The topological polar surface area (TPSA) is 175 Å². The van der Waals surface area contributed by atoms with Crippen molar-refractivity contribution >= 4 is 23.9 Å². The summed E-state index contributed by atoms with van der Waals surface area (Å²) in [4.78, 5) is 51.0. The van der Waals surface area contributed by atoms with Crippen molar-refractivity contribution in [3.8, 4) is 0 Å². The monoisotopic (exact) mass is 1030 g/mol. The summed E-state index contributed by atoms with van der Waals surface area (Å²) in [5.74, 6) is -3.16. The first-order valence-corrected chi connectivity index (χ1v) is 28.9. The molecule has 12 nitrogen and oxygen atoms in total. The van der Waals surface area contributed by atoms with Gasteiger partial charge in [0.25, 0.3) is 0 Å². The molecule has 6 unspecified atom stereocenters. The summed E-state index contributed by atoms with van der Waals surface area (Å²) in [6, 6.07) is 0. The predicted molar refractivity (Wildman–Crippen MR) is 294 cm³/mol. The molecular formula is C61H102O12. The molecule has 0 spiro atoms. The zero-order valence-electron chi connectivity index (χ0n) is 45.9. The Balaban J connectivity index is 2.69. The van der Waals surface area contributed by atoms with Gasteiger partial charge in [-0.2, -0.15) is 0 Å². The molecule has 3 N–H and O–H groups in total. The van der Waals surface area contributed by atoms with E-state index in [-0.39, 0.29) is 25.9 Å². The van der Waals surface area contributed by atoms with Crippen molar-refractivity contribution in [3.63, 3.8) is 0 Å². The number of unbranched alkanes of at least 4 members (excludes halogenated alkanes) is 22. The van der Waals surface area contributed by atoms with Gasteiger partial charge in [0.15, 0.2) is 24.6 Å². The van der Waals surface area contributed by atoms with Gasteiger partial charge in [-0.05, 0) is 103 Å². The molecule has 12 heteroatoms. The molecular weight excluding hydrogens is 925 g/mol. The average molecular weight is 1030 g/mol. The Hall–Kier alpha value is -3.84. The van der Waals surface area contributed by atoms with Crippen LogP contribution in [0.15, 0.2) is 72.9 Å². The summed E-state index contributed by atoms with van der Waals surface area (Å²) < 4.78 is 28.4. The van der Waals surface area contributed by atoms with Crippen LogP contribution in [0.5, 0.6) is 0 Å². The first kappa shape index (κ1) is 67.2. The van der Waals surface area contributed by atoms with E-state index >= 15 is 0 Å². The van der Waals surface area contributed by atoms with Crippen LogP contribution in [0.2, 0.25) is 0 Å². The third-order valence-corrected chi connectivity index (χ3v) is 12.7. The Labute approximate surface area is 442 Å². The second-order valence-corrected chi connectivity index (χ2v) is 19.5. The molecule has 0 aliphatic carbocycles. The molecule has 418 valence electrons. The van der Waals surface area contributed by atoms with Crippen molar-refractivity contribution in [2.45, 2.75) is 276 Å². The quantitative estimate of drug-likeness (QED) is 0.0228. The highest BCUT2D eigenvalue weighted by Gasteiger charge is 2.50. The number of allylic oxidation sites excluding steroid dienone is 12. The summed E-state index contributed by atoms with van der Waals surface area (Å²) >= 11 is 0. The molecule has 1 aliphatic rings. The third-order valence-electron chi connectivity index (χ3n) is 12.7. The van der Waals surface area contributed by atoms with Crippen LogP contribution in [0.3, 0.4) is 0 Å². The molecule has 1 rings (SSSR count). The fraction of sp³-hybridized carbons (Fsp3) is 0.738. The van der Waals surface area contributed by atoms with Crippen LogP contribution >= 0.6 is 0 Å². The summed E-state index contributed by atoms with van der Waals surface area (Å²) in [5, 5.41) is 31.4. The lowest BCUT2D eigenvalue weighted by molar-refractivity contribution is -0.301. The van der Waals surface area contributed by atoms with Crippen molar-refractivity contribution in [3.05, 3.63) is 72.9 Å². The molecule has 0 saturated carbocycles. The standard InChI is InChI=1S/C61H102O12/c1-4-7-10-13-16-19-22-24-26-27-29-31-34-37-40-43-46-49-55(64)72-59-57(66)56(65)58(60(67)68)73-61(59)70-51-52(71-54(63)48-45-42-39-36-32-21-18-15-12-9-6-3)50-69-53(62)47-44-41-38-35-33-30-28-25-23-20-17-14-11-8-5-2/h7,10,15-20,24-26,28,52,56-59,61,65-66H,4-6,8-9,11-14,21-23,27,29-51H2,1-3H3,(H,67,68)/b10-7-,18-15-,19-16-,20-17-,26-24-,28-25-. The van der Waals surface area contributed by atoms with Crippen LogP contribution in [-0.2, 0) is 42.9 Å². The van der Waals surface area contributed by atoms with Gasteiger partial charge in [0.2, 0.25) is 0 Å². The molecule has 0 aromatic heterocycles. The van der Waals surface area contributed by atoms with E-state index in [1.165, 1.54) is 32.1 Å². The number of hydrogen-bond acceptors (Lipinski definition) is 11. The molecule has 73 heavy (non-hydrogen) atoms. The first-order chi connectivity index (χ1) is 35.6. The van der Waals surface area contributed by atoms with Crippen molar-refractivity contribution in [1.29, 1.82) is 0 Å². The van der Waals surface area contributed by atoms with Gasteiger partial charge in [-0.15, -0.1) is 0 Å². The summed E-state index contributed by atoms with van der Waals surface area (Å²) in [5.41, 5.74) is 0. The minimum atomic E-state index is -1.91. The molecule has 0 amide bonds. The van der Waals surface area contributed by atoms with E-state index in [9.17, 15) is 34.5 Å². The maximum atomic E-state index is 13.1. The van der Waals surface area contributed by atoms with Gasteiger partial charge in [0.05, 0.1) is 6.61 Å². The van der Waals surface area contributed by atoms with Crippen LogP contribution in [-0.4, -0.2) is 89.2 Å². The van der Waals surface area contributed by atoms with Gasteiger partial charge in [-0.3, -0.25) is 14.4 Å². The number of carbonyl (C=O) groups excluding carboxylic acids is 3. The second kappa shape index (κ2) is 49.1. The van der Waals surface area contributed by atoms with Crippen LogP contribution in [0, 0.1) is 0 Å². The number of aliphatic carboxylic acids is 1. The van der Waals surface area contributed by atoms with Crippen LogP contribution in [0.4, 0.5) is 0 Å². The number of esters is 3. The summed E-state index contributed by atoms with van der Waals surface area (Å²) in [6.45, 7) is 5.79. The Morgan fingerprint density at radius 1 is 0.466 bits per heavy atom. The summed E-state index contributed by atoms with van der Waals surface area (Å²) in [7, 11) is 0. The number of carbonyl (C=O) groups is 4. The number of rotatable bonds is 48. The van der Waals surface area contributed by atoms with E-state index in [4.69, 9.17) is 23.7 Å². The van der Waals surface area contributed by atoms with Gasteiger partial charge in [0.1, 0.15) is 18.8 Å². The van der Waals surface area contributed by atoms with E-state index in [0.717, 1.165) is 148 Å². The van der Waals surface area contributed by atoms with E-state index in [1.54, 1.807) is 0 Å². The molecule has 1 saturated heterocycles. The smallest absolute Gasteiger partial charge is 0.335 e. The van der Waals surface area contributed by atoms with Gasteiger partial charge in [0, 0.05) is 19.3 Å². The fourth-order valence-corrected chi connectivity index (χ4v) is 8.27. The summed E-state index contributed by atoms with van der Waals surface area (Å²) in [6.07, 6.45) is 48.7. The normalized spacial score (nSPS) is 18.8. The first-order valence-electron chi connectivity index (χ1n) is 28.9. The lowest BCUT2D eigenvalue weighted by atomic mass is 9.98. The molecule has 1 heterocycles. The van der Waals surface area contributed by atoms with Crippen LogP contribution in [0.25, 0.3) is 0 Å².